The highest BCUT2D eigenvalue weighted by atomic mass is 16.5. The molecule has 5 nitrogen and oxygen atoms in total. The zero-order valence-electron chi connectivity index (χ0n) is 11.4. The lowest BCUT2D eigenvalue weighted by Crippen LogP contribution is -2.07. The average molecular weight is 272 g/mol. The van der Waals surface area contributed by atoms with Gasteiger partial charge in [0.1, 0.15) is 11.3 Å². The van der Waals surface area contributed by atoms with Crippen LogP contribution in [0.3, 0.4) is 0 Å². The van der Waals surface area contributed by atoms with Gasteiger partial charge in [-0.2, -0.15) is 0 Å². The lowest BCUT2D eigenvalue weighted by molar-refractivity contribution is 0.0522. The van der Waals surface area contributed by atoms with Gasteiger partial charge in [0.25, 0.3) is 0 Å². The quantitative estimate of drug-likeness (QED) is 0.684. The van der Waals surface area contributed by atoms with Crippen LogP contribution >= 0.6 is 0 Å². The zero-order valence-corrected chi connectivity index (χ0v) is 11.4. The number of benzene rings is 1. The summed E-state index contributed by atoms with van der Waals surface area (Å²) in [6.45, 7) is 3.93. The topological polar surface area (TPSA) is 74.4 Å². The molecular formula is C15H16N2O3. The first-order valence-corrected chi connectivity index (χ1v) is 6.28. The maximum Gasteiger partial charge on any atom is 0.343 e. The molecule has 2 rings (SSSR count). The second kappa shape index (κ2) is 6.06. The minimum Gasteiger partial charge on any atom is -0.462 e. The Bertz CT molecular complexity index is 626. The first-order chi connectivity index (χ1) is 9.61. The van der Waals surface area contributed by atoms with Crippen LogP contribution in [0.25, 0.3) is 0 Å². The van der Waals surface area contributed by atoms with Gasteiger partial charge in [-0.3, -0.25) is 0 Å². The van der Waals surface area contributed by atoms with E-state index in [1.807, 2.05) is 13.0 Å². The monoisotopic (exact) mass is 272 g/mol. The van der Waals surface area contributed by atoms with Crippen LogP contribution < -0.4 is 10.5 Å². The molecule has 1 heterocycles. The van der Waals surface area contributed by atoms with Gasteiger partial charge in [-0.05, 0) is 37.6 Å². The third kappa shape index (κ3) is 3.06. The van der Waals surface area contributed by atoms with Crippen molar-refractivity contribution >= 4 is 11.7 Å². The first-order valence-electron chi connectivity index (χ1n) is 6.28. The number of nitrogens with zero attached hydrogens (tertiary/aromatic N) is 1. The highest BCUT2D eigenvalue weighted by Gasteiger charge is 2.15. The van der Waals surface area contributed by atoms with E-state index in [0.29, 0.717) is 18.0 Å². The van der Waals surface area contributed by atoms with E-state index < -0.39 is 5.97 Å². The number of carbonyl (C=O) groups excluding carboxylic acids is 1. The molecule has 0 fully saturated rings. The minimum atomic E-state index is -0.461. The maximum atomic E-state index is 11.8. The molecule has 1 aromatic carbocycles. The summed E-state index contributed by atoms with van der Waals surface area (Å²) in [4.78, 5) is 15.9. The minimum absolute atomic E-state index is 0.208. The summed E-state index contributed by atoms with van der Waals surface area (Å²) in [5, 5.41) is 0. The molecular weight excluding hydrogens is 256 g/mol. The molecule has 5 heteroatoms. The number of carbonyl (C=O) groups is 1. The van der Waals surface area contributed by atoms with Gasteiger partial charge in [0.05, 0.1) is 6.61 Å². The number of ether oxygens (including phenoxy) is 2. The van der Waals surface area contributed by atoms with Crippen molar-refractivity contribution in [3.63, 3.8) is 0 Å². The summed E-state index contributed by atoms with van der Waals surface area (Å²) in [5.41, 5.74) is 7.51. The van der Waals surface area contributed by atoms with E-state index in [4.69, 9.17) is 15.2 Å². The smallest absolute Gasteiger partial charge is 0.343 e. The van der Waals surface area contributed by atoms with E-state index in [1.165, 1.54) is 0 Å². The molecule has 0 aliphatic carbocycles. The molecule has 0 amide bonds. The molecule has 1 aromatic heterocycles. The second-order valence-corrected chi connectivity index (χ2v) is 4.20. The predicted molar refractivity (Wildman–Crippen MR) is 75.9 cm³/mol. The van der Waals surface area contributed by atoms with E-state index in [-0.39, 0.29) is 11.4 Å². The van der Waals surface area contributed by atoms with Crippen LogP contribution in [-0.4, -0.2) is 17.6 Å². The number of anilines is 1. The van der Waals surface area contributed by atoms with Crippen molar-refractivity contribution in [3.8, 4) is 11.6 Å². The van der Waals surface area contributed by atoms with Gasteiger partial charge >= 0.3 is 5.97 Å². The lowest BCUT2D eigenvalue weighted by atomic mass is 10.2. The van der Waals surface area contributed by atoms with Crippen LogP contribution in [0.15, 0.2) is 36.5 Å². The molecule has 0 aliphatic rings. The van der Waals surface area contributed by atoms with Crippen LogP contribution in [0.2, 0.25) is 0 Å². The number of hydrogen-bond acceptors (Lipinski definition) is 5. The van der Waals surface area contributed by atoms with Gasteiger partial charge < -0.3 is 15.2 Å². The fourth-order valence-electron chi connectivity index (χ4n) is 1.67. The third-order valence-corrected chi connectivity index (χ3v) is 2.69. The Morgan fingerprint density at radius 1 is 1.35 bits per heavy atom. The van der Waals surface area contributed by atoms with Crippen LogP contribution in [0, 0.1) is 6.92 Å². The van der Waals surface area contributed by atoms with Crippen LogP contribution in [-0.2, 0) is 4.74 Å². The Kier molecular flexibility index (Phi) is 4.20. The Morgan fingerprint density at radius 2 is 2.15 bits per heavy atom. The number of nitrogens with two attached hydrogens (primary N) is 1. The van der Waals surface area contributed by atoms with Gasteiger partial charge in [-0.1, -0.05) is 6.07 Å². The van der Waals surface area contributed by atoms with E-state index in [1.54, 1.807) is 37.4 Å². The molecule has 0 aliphatic heterocycles. The number of aryl methyl sites for hydroxylation is 1. The van der Waals surface area contributed by atoms with Crippen molar-refractivity contribution in [2.75, 3.05) is 12.3 Å². The highest BCUT2D eigenvalue weighted by Crippen LogP contribution is 2.28. The molecule has 0 spiro atoms. The van der Waals surface area contributed by atoms with E-state index in [9.17, 15) is 4.79 Å². The molecule has 0 saturated heterocycles. The van der Waals surface area contributed by atoms with Gasteiger partial charge in [0.15, 0.2) is 0 Å². The summed E-state index contributed by atoms with van der Waals surface area (Å²) in [7, 11) is 0. The summed E-state index contributed by atoms with van der Waals surface area (Å²) < 4.78 is 10.7. The van der Waals surface area contributed by atoms with Crippen molar-refractivity contribution in [2.45, 2.75) is 13.8 Å². The first kappa shape index (κ1) is 13.9. The van der Waals surface area contributed by atoms with E-state index >= 15 is 0 Å². The summed E-state index contributed by atoms with van der Waals surface area (Å²) in [6, 6.07) is 8.59. The fraction of sp³-hybridized carbons (Fsp3) is 0.200. The van der Waals surface area contributed by atoms with Crippen LogP contribution in [0.5, 0.6) is 11.6 Å². The number of nitrogen functional groups attached to an aromatic ring is 1. The van der Waals surface area contributed by atoms with Crippen molar-refractivity contribution in [2.24, 2.45) is 0 Å². The normalized spacial score (nSPS) is 10.1. The largest absolute Gasteiger partial charge is 0.462 e. The summed E-state index contributed by atoms with van der Waals surface area (Å²) in [6.07, 6.45) is 1.56. The number of pyridine rings is 1. The lowest BCUT2D eigenvalue weighted by Gasteiger charge is -2.11. The number of aromatic nitrogens is 1. The Balaban J connectivity index is 2.34. The number of esters is 1. The standard InChI is InChI=1S/C15H16N2O3/c1-3-19-15(18)12-5-4-8-17-14(12)20-13-9-11(16)7-6-10(13)2/h4-9H,3,16H2,1-2H3. The Labute approximate surface area is 117 Å². The zero-order chi connectivity index (χ0) is 14.5. The third-order valence-electron chi connectivity index (χ3n) is 2.69. The fourth-order valence-corrected chi connectivity index (χ4v) is 1.67. The van der Waals surface area contributed by atoms with Crippen molar-refractivity contribution in [1.29, 1.82) is 0 Å². The van der Waals surface area contributed by atoms with E-state index in [0.717, 1.165) is 5.56 Å². The van der Waals surface area contributed by atoms with Gasteiger partial charge in [-0.15, -0.1) is 0 Å². The van der Waals surface area contributed by atoms with Crippen LogP contribution in [0.1, 0.15) is 22.8 Å². The number of hydrogen-bond donors (Lipinski definition) is 1. The Morgan fingerprint density at radius 3 is 2.90 bits per heavy atom. The van der Waals surface area contributed by atoms with Gasteiger partial charge in [0.2, 0.25) is 5.88 Å². The molecule has 0 saturated carbocycles. The highest BCUT2D eigenvalue weighted by molar-refractivity contribution is 5.91. The van der Waals surface area contributed by atoms with Gasteiger partial charge in [0, 0.05) is 18.0 Å². The maximum absolute atomic E-state index is 11.8. The van der Waals surface area contributed by atoms with Crippen molar-refractivity contribution in [3.05, 3.63) is 47.7 Å². The molecule has 20 heavy (non-hydrogen) atoms. The molecule has 0 atom stereocenters. The van der Waals surface area contributed by atoms with Gasteiger partial charge in [-0.25, -0.2) is 9.78 Å². The molecule has 2 N–H and O–H groups in total. The second-order valence-electron chi connectivity index (χ2n) is 4.20. The van der Waals surface area contributed by atoms with Crippen molar-refractivity contribution in [1.82, 2.24) is 4.98 Å². The Hall–Kier alpha value is -2.56. The summed E-state index contributed by atoms with van der Waals surface area (Å²) in [5.74, 6) is 0.311. The molecule has 0 bridgehead atoms. The average Bonchev–Trinajstić information content (AvgIpc) is 2.44. The molecule has 2 aromatic rings. The summed E-state index contributed by atoms with van der Waals surface area (Å²) >= 11 is 0. The van der Waals surface area contributed by atoms with E-state index in [2.05, 4.69) is 4.98 Å². The molecule has 0 unspecified atom stereocenters. The van der Waals surface area contributed by atoms with Crippen molar-refractivity contribution < 1.29 is 14.3 Å². The molecule has 104 valence electrons. The number of rotatable bonds is 4. The van der Waals surface area contributed by atoms with Crippen LogP contribution in [0.4, 0.5) is 5.69 Å². The molecule has 0 radical (unpaired) electrons. The SMILES string of the molecule is CCOC(=O)c1cccnc1Oc1cc(N)ccc1C. The predicted octanol–water partition coefficient (Wildman–Crippen LogP) is 2.94.